The number of hydrogen-bond acceptors (Lipinski definition) is 3. The van der Waals surface area contributed by atoms with Crippen LogP contribution < -0.4 is 10.6 Å². The van der Waals surface area contributed by atoms with Crippen LogP contribution in [-0.4, -0.2) is 54.1 Å². The van der Waals surface area contributed by atoms with E-state index >= 15 is 0 Å². The first-order valence-corrected chi connectivity index (χ1v) is 6.96. The Bertz CT molecular complexity index is 373. The second kappa shape index (κ2) is 7.72. The largest absolute Gasteiger partial charge is 0.481 e. The third-order valence-electron chi connectivity index (χ3n) is 3.44. The molecule has 1 aliphatic carbocycles. The molecule has 0 saturated heterocycles. The monoisotopic (exact) mass is 285 g/mol. The van der Waals surface area contributed by atoms with Crippen LogP contribution in [0.2, 0.25) is 0 Å². The molecule has 0 spiro atoms. The number of nitrogens with one attached hydrogen (secondary N) is 2. The molecule has 0 aromatic heterocycles. The van der Waals surface area contributed by atoms with Crippen LogP contribution in [0.25, 0.3) is 0 Å². The molecule has 1 rings (SSSR count). The van der Waals surface area contributed by atoms with Gasteiger partial charge in [-0.15, -0.1) is 0 Å². The standard InChI is InChI=1S/C13H23N3O4/c1-3-7-14-11(17)8-16(2)13(20)15-10-6-4-5-9(10)12(18)19/h9-10H,3-8H2,1-2H3,(H,14,17)(H,15,20)(H,18,19). The van der Waals surface area contributed by atoms with Crippen molar-refractivity contribution in [2.75, 3.05) is 20.1 Å². The lowest BCUT2D eigenvalue weighted by Gasteiger charge is -2.22. The summed E-state index contributed by atoms with van der Waals surface area (Å²) in [6, 6.07) is -0.754. The number of nitrogens with zero attached hydrogens (tertiary/aromatic N) is 1. The highest BCUT2D eigenvalue weighted by molar-refractivity contribution is 5.84. The summed E-state index contributed by atoms with van der Waals surface area (Å²) < 4.78 is 0. The lowest BCUT2D eigenvalue weighted by atomic mass is 10.0. The minimum atomic E-state index is -0.879. The Balaban J connectivity index is 2.41. The van der Waals surface area contributed by atoms with Crippen molar-refractivity contribution in [3.8, 4) is 0 Å². The molecule has 0 aliphatic heterocycles. The van der Waals surface area contributed by atoms with Crippen molar-refractivity contribution in [1.29, 1.82) is 0 Å². The van der Waals surface area contributed by atoms with Crippen LogP contribution in [0.5, 0.6) is 0 Å². The van der Waals surface area contributed by atoms with Gasteiger partial charge < -0.3 is 20.6 Å². The smallest absolute Gasteiger partial charge is 0.317 e. The fourth-order valence-corrected chi connectivity index (χ4v) is 2.30. The minimum Gasteiger partial charge on any atom is -0.481 e. The molecule has 0 radical (unpaired) electrons. The van der Waals surface area contributed by atoms with Gasteiger partial charge in [0, 0.05) is 19.6 Å². The van der Waals surface area contributed by atoms with Gasteiger partial charge in [0.1, 0.15) is 6.54 Å². The van der Waals surface area contributed by atoms with Gasteiger partial charge in [-0.05, 0) is 19.3 Å². The van der Waals surface area contributed by atoms with Crippen molar-refractivity contribution >= 4 is 17.9 Å². The van der Waals surface area contributed by atoms with Crippen LogP contribution in [0.1, 0.15) is 32.6 Å². The van der Waals surface area contributed by atoms with Crippen molar-refractivity contribution in [2.24, 2.45) is 5.92 Å². The molecule has 0 heterocycles. The lowest BCUT2D eigenvalue weighted by molar-refractivity contribution is -0.142. The number of carbonyl (C=O) groups excluding carboxylic acids is 2. The van der Waals surface area contributed by atoms with E-state index in [1.807, 2.05) is 6.92 Å². The maximum absolute atomic E-state index is 11.9. The second-order valence-electron chi connectivity index (χ2n) is 5.14. The molecule has 7 heteroatoms. The maximum Gasteiger partial charge on any atom is 0.317 e. The number of urea groups is 1. The summed E-state index contributed by atoms with van der Waals surface area (Å²) in [4.78, 5) is 35.7. The van der Waals surface area contributed by atoms with E-state index in [0.717, 1.165) is 12.8 Å². The van der Waals surface area contributed by atoms with Gasteiger partial charge in [-0.2, -0.15) is 0 Å². The topological polar surface area (TPSA) is 98.7 Å². The third kappa shape index (κ3) is 4.71. The van der Waals surface area contributed by atoms with E-state index in [1.165, 1.54) is 11.9 Å². The Morgan fingerprint density at radius 3 is 2.60 bits per heavy atom. The van der Waals surface area contributed by atoms with Gasteiger partial charge in [-0.3, -0.25) is 9.59 Å². The maximum atomic E-state index is 11.9. The first-order chi connectivity index (χ1) is 9.45. The van der Waals surface area contributed by atoms with Crippen LogP contribution in [0.15, 0.2) is 0 Å². The Labute approximate surface area is 118 Å². The zero-order chi connectivity index (χ0) is 15.1. The molecule has 1 saturated carbocycles. The van der Waals surface area contributed by atoms with Crippen molar-refractivity contribution in [3.63, 3.8) is 0 Å². The molecule has 3 amide bonds. The minimum absolute atomic E-state index is 0.0315. The van der Waals surface area contributed by atoms with Gasteiger partial charge >= 0.3 is 12.0 Å². The molecule has 20 heavy (non-hydrogen) atoms. The van der Waals surface area contributed by atoms with Crippen LogP contribution >= 0.6 is 0 Å². The SMILES string of the molecule is CCCNC(=O)CN(C)C(=O)NC1CCCC1C(=O)O. The van der Waals surface area contributed by atoms with Crippen molar-refractivity contribution in [1.82, 2.24) is 15.5 Å². The molecule has 2 atom stereocenters. The molecule has 1 aliphatic rings. The molecule has 114 valence electrons. The Kier molecular flexibility index (Phi) is 6.27. The Morgan fingerprint density at radius 2 is 2.00 bits per heavy atom. The summed E-state index contributed by atoms with van der Waals surface area (Å²) in [6.07, 6.45) is 2.88. The molecule has 0 bridgehead atoms. The average molecular weight is 285 g/mol. The molecule has 1 fully saturated rings. The predicted molar refractivity (Wildman–Crippen MR) is 73.2 cm³/mol. The molecule has 7 nitrogen and oxygen atoms in total. The van der Waals surface area contributed by atoms with Crippen LogP contribution in [0.3, 0.4) is 0 Å². The summed E-state index contributed by atoms with van der Waals surface area (Å²) >= 11 is 0. The zero-order valence-electron chi connectivity index (χ0n) is 12.0. The molecule has 0 aromatic carbocycles. The average Bonchev–Trinajstić information content (AvgIpc) is 2.84. The van der Waals surface area contributed by atoms with Crippen molar-refractivity contribution in [2.45, 2.75) is 38.6 Å². The van der Waals surface area contributed by atoms with Crippen LogP contribution in [-0.2, 0) is 9.59 Å². The highest BCUT2D eigenvalue weighted by atomic mass is 16.4. The first kappa shape index (κ1) is 16.3. The Hall–Kier alpha value is -1.79. The third-order valence-corrected chi connectivity index (χ3v) is 3.44. The van der Waals surface area contributed by atoms with Crippen molar-refractivity contribution < 1.29 is 19.5 Å². The molecule has 3 N–H and O–H groups in total. The summed E-state index contributed by atoms with van der Waals surface area (Å²) in [5.74, 6) is -1.62. The number of carboxylic acid groups (broad SMARTS) is 1. The van der Waals surface area contributed by atoms with Crippen molar-refractivity contribution in [3.05, 3.63) is 0 Å². The van der Waals surface area contributed by atoms with Crippen LogP contribution in [0.4, 0.5) is 4.79 Å². The highest BCUT2D eigenvalue weighted by Crippen LogP contribution is 2.25. The van der Waals surface area contributed by atoms with Gasteiger partial charge in [0.15, 0.2) is 0 Å². The summed E-state index contributed by atoms with van der Waals surface area (Å²) in [5.41, 5.74) is 0. The van der Waals surface area contributed by atoms with Gasteiger partial charge in [0.2, 0.25) is 5.91 Å². The van der Waals surface area contributed by atoms with Gasteiger partial charge in [0.05, 0.1) is 5.92 Å². The number of carboxylic acids is 1. The first-order valence-electron chi connectivity index (χ1n) is 6.96. The summed E-state index contributed by atoms with van der Waals surface area (Å²) in [5, 5.41) is 14.4. The number of hydrogen-bond donors (Lipinski definition) is 3. The zero-order valence-corrected chi connectivity index (χ0v) is 12.0. The van der Waals surface area contributed by atoms with Gasteiger partial charge in [-0.1, -0.05) is 13.3 Å². The lowest BCUT2D eigenvalue weighted by Crippen LogP contribution is -2.48. The molecule has 2 unspecified atom stereocenters. The number of aliphatic carboxylic acids is 1. The fourth-order valence-electron chi connectivity index (χ4n) is 2.30. The van der Waals surface area contributed by atoms with E-state index in [0.29, 0.717) is 19.4 Å². The Morgan fingerprint density at radius 1 is 1.30 bits per heavy atom. The van der Waals surface area contributed by atoms with E-state index in [1.54, 1.807) is 0 Å². The van der Waals surface area contributed by atoms with E-state index in [9.17, 15) is 14.4 Å². The number of amides is 3. The van der Waals surface area contributed by atoms with Crippen LogP contribution in [0, 0.1) is 5.92 Å². The number of carbonyl (C=O) groups is 3. The summed E-state index contributed by atoms with van der Waals surface area (Å²) in [7, 11) is 1.52. The molecular weight excluding hydrogens is 262 g/mol. The fraction of sp³-hybridized carbons (Fsp3) is 0.769. The highest BCUT2D eigenvalue weighted by Gasteiger charge is 2.34. The molecular formula is C13H23N3O4. The van der Waals surface area contributed by atoms with E-state index in [-0.39, 0.29) is 18.5 Å². The summed E-state index contributed by atoms with van der Waals surface area (Å²) in [6.45, 7) is 2.50. The van der Waals surface area contributed by atoms with E-state index in [2.05, 4.69) is 10.6 Å². The second-order valence-corrected chi connectivity index (χ2v) is 5.14. The normalized spacial score (nSPS) is 21.3. The number of rotatable bonds is 6. The predicted octanol–water partition coefficient (Wildman–Crippen LogP) is 0.407. The van der Waals surface area contributed by atoms with Gasteiger partial charge in [-0.25, -0.2) is 4.79 Å². The molecule has 0 aromatic rings. The number of likely N-dealkylation sites (N-methyl/N-ethyl adjacent to an activating group) is 1. The van der Waals surface area contributed by atoms with E-state index in [4.69, 9.17) is 5.11 Å². The van der Waals surface area contributed by atoms with E-state index < -0.39 is 17.9 Å². The van der Waals surface area contributed by atoms with Gasteiger partial charge in [0.25, 0.3) is 0 Å². The quantitative estimate of drug-likeness (QED) is 0.658.